The molecule has 2 heteroatoms. The van der Waals surface area contributed by atoms with Crippen LogP contribution in [0.15, 0.2) is 291 Å². The van der Waals surface area contributed by atoms with Crippen LogP contribution in [0, 0.1) is 0 Å². The van der Waals surface area contributed by atoms with Gasteiger partial charge in [0.15, 0.2) is 0 Å². The molecule has 1 atom stereocenters. The van der Waals surface area contributed by atoms with E-state index in [9.17, 15) is 0 Å². The molecule has 1 aliphatic carbocycles. The van der Waals surface area contributed by atoms with E-state index in [1.807, 2.05) is 0 Å². The van der Waals surface area contributed by atoms with E-state index in [4.69, 9.17) is 0 Å². The molecule has 13 aromatic carbocycles. The maximum absolute atomic E-state index is 2.53. The molecule has 77 heavy (non-hydrogen) atoms. The van der Waals surface area contributed by atoms with Crippen molar-refractivity contribution in [1.82, 2.24) is 4.57 Å². The number of para-hydroxylation sites is 4. The smallest absolute Gasteiger partial charge is 0.0754 e. The van der Waals surface area contributed by atoms with Crippen LogP contribution in [0.25, 0.3) is 105 Å². The predicted molar refractivity (Wildman–Crippen MR) is 323 cm³/mol. The Labute approximate surface area is 447 Å². The van der Waals surface area contributed by atoms with Crippen molar-refractivity contribution < 1.29 is 0 Å². The van der Waals surface area contributed by atoms with E-state index in [1.165, 1.54) is 116 Å². The highest BCUT2D eigenvalue weighted by Crippen LogP contribution is 2.61. The third kappa shape index (κ3) is 6.37. The molecule has 1 unspecified atom stereocenters. The van der Waals surface area contributed by atoms with Crippen molar-refractivity contribution in [3.05, 3.63) is 313 Å². The van der Waals surface area contributed by atoms with Gasteiger partial charge in [0.2, 0.25) is 0 Å². The average molecular weight is 977 g/mol. The lowest BCUT2D eigenvalue weighted by atomic mass is 9.65. The number of rotatable bonds is 7. The molecule has 358 valence electrons. The molecule has 14 aromatic rings. The maximum atomic E-state index is 2.53. The van der Waals surface area contributed by atoms with E-state index in [0.717, 1.165) is 28.2 Å². The minimum atomic E-state index is -0.547. The summed E-state index contributed by atoms with van der Waals surface area (Å²) in [5.41, 5.74) is 23.9. The zero-order chi connectivity index (χ0) is 50.6. The highest BCUT2D eigenvalue weighted by molar-refractivity contribution is 6.13. The average Bonchev–Trinajstić information content (AvgIpc) is 3.61. The van der Waals surface area contributed by atoms with Crippen molar-refractivity contribution in [2.75, 3.05) is 4.90 Å². The Morgan fingerprint density at radius 2 is 0.831 bits per heavy atom. The first kappa shape index (κ1) is 43.4. The molecule has 1 spiro atoms. The lowest BCUT2D eigenvalue weighted by Crippen LogP contribution is -2.33. The van der Waals surface area contributed by atoms with E-state index >= 15 is 0 Å². The molecule has 1 aliphatic heterocycles. The van der Waals surface area contributed by atoms with Gasteiger partial charge >= 0.3 is 0 Å². The summed E-state index contributed by atoms with van der Waals surface area (Å²) in [7, 11) is 0. The summed E-state index contributed by atoms with van der Waals surface area (Å²) in [5.74, 6) is 0. The van der Waals surface area contributed by atoms with Crippen LogP contribution < -0.4 is 4.90 Å². The van der Waals surface area contributed by atoms with Crippen molar-refractivity contribution in [1.29, 1.82) is 0 Å². The molecule has 2 heterocycles. The number of fused-ring (bicyclic) bond motifs is 14. The molecular formula is C75H48N2. The lowest BCUT2D eigenvalue weighted by molar-refractivity contribution is 0.749. The Morgan fingerprint density at radius 1 is 0.273 bits per heavy atom. The molecule has 2 nitrogen and oxygen atoms in total. The molecule has 2 aliphatic rings. The summed E-state index contributed by atoms with van der Waals surface area (Å²) >= 11 is 0. The van der Waals surface area contributed by atoms with Gasteiger partial charge in [0.05, 0.1) is 33.5 Å². The fraction of sp³-hybridized carbons (Fsp3) is 0.0133. The third-order valence-corrected chi connectivity index (χ3v) is 16.8. The van der Waals surface area contributed by atoms with Gasteiger partial charge in [-0.15, -0.1) is 0 Å². The predicted octanol–water partition coefficient (Wildman–Crippen LogP) is 19.9. The summed E-state index contributed by atoms with van der Waals surface area (Å²) in [6.45, 7) is 0. The molecule has 0 saturated carbocycles. The van der Waals surface area contributed by atoms with Crippen molar-refractivity contribution in [3.63, 3.8) is 0 Å². The summed E-state index contributed by atoms with van der Waals surface area (Å²) in [4.78, 5) is 2.48. The number of nitrogens with zero attached hydrogens (tertiary/aromatic N) is 2. The summed E-state index contributed by atoms with van der Waals surface area (Å²) in [6, 6.07) is 108. The fourth-order valence-corrected chi connectivity index (χ4v) is 13.5. The first-order valence-electron chi connectivity index (χ1n) is 26.7. The maximum Gasteiger partial charge on any atom is 0.0754 e. The minimum Gasteiger partial charge on any atom is -0.309 e. The molecule has 0 N–H and O–H groups in total. The van der Waals surface area contributed by atoms with Crippen LogP contribution in [-0.4, -0.2) is 4.57 Å². The monoisotopic (exact) mass is 976 g/mol. The fourth-order valence-electron chi connectivity index (χ4n) is 13.5. The SMILES string of the molecule is c1ccc(-c2cccc(-c3ccccc3N(c3ccc(-c4cccc5ccccc45)cc3)c3ccc(-c4ccc5c(c4)C4(c6ccccc6-5)c5ccccc5-n5c6ccccc6c6cccc4c65)c4ccccc34)c2)cc1. The number of hydrogen-bond acceptors (Lipinski definition) is 1. The number of aromatic nitrogens is 1. The van der Waals surface area contributed by atoms with E-state index < -0.39 is 5.41 Å². The highest BCUT2D eigenvalue weighted by atomic mass is 15.1. The van der Waals surface area contributed by atoms with Gasteiger partial charge in [-0.3, -0.25) is 0 Å². The second-order valence-corrected chi connectivity index (χ2v) is 20.7. The van der Waals surface area contributed by atoms with Gasteiger partial charge in [0, 0.05) is 27.4 Å². The quantitative estimate of drug-likeness (QED) is 0.154. The van der Waals surface area contributed by atoms with Gasteiger partial charge in [-0.2, -0.15) is 0 Å². The summed E-state index contributed by atoms with van der Waals surface area (Å²) in [6.07, 6.45) is 0. The standard InChI is InChI=1S/C75H48N2/c1-2-19-49(20-3-1)52-23-16-24-53(47-52)59-26-9-13-36-70(59)76(55-42-39-51(40-43-55)57-31-17-22-50-21-4-5-25-56(50)57)72-46-45-58(60-27-6-7-29-63(60)72)54-41-44-62-61-28-8-11-33-66(61)75(69(62)48-54)67-34-12-15-38-73(67)77-71-37-14-10-30-64(71)65-32-18-35-68(75)74(65)77/h1-48H. The summed E-state index contributed by atoms with van der Waals surface area (Å²) in [5, 5.41) is 7.42. The van der Waals surface area contributed by atoms with Crippen LogP contribution in [0.2, 0.25) is 0 Å². The Morgan fingerprint density at radius 3 is 1.71 bits per heavy atom. The van der Waals surface area contributed by atoms with Crippen molar-refractivity contribution in [2.45, 2.75) is 5.41 Å². The van der Waals surface area contributed by atoms with Gasteiger partial charge in [-0.1, -0.05) is 243 Å². The number of anilines is 3. The van der Waals surface area contributed by atoms with E-state index in [1.54, 1.807) is 0 Å². The highest BCUT2D eigenvalue weighted by Gasteiger charge is 2.51. The number of benzene rings is 13. The van der Waals surface area contributed by atoms with Gasteiger partial charge in [-0.25, -0.2) is 0 Å². The lowest BCUT2D eigenvalue weighted by Gasteiger charge is -2.39. The molecule has 16 rings (SSSR count). The largest absolute Gasteiger partial charge is 0.309 e. The molecule has 0 saturated heterocycles. The van der Waals surface area contributed by atoms with Crippen LogP contribution in [-0.2, 0) is 5.41 Å². The van der Waals surface area contributed by atoms with Crippen LogP contribution >= 0.6 is 0 Å². The Kier molecular flexibility index (Phi) is 9.58. The zero-order valence-corrected chi connectivity index (χ0v) is 42.1. The van der Waals surface area contributed by atoms with Crippen LogP contribution in [0.4, 0.5) is 17.1 Å². The third-order valence-electron chi connectivity index (χ3n) is 16.8. The topological polar surface area (TPSA) is 8.17 Å². The minimum absolute atomic E-state index is 0.547. The van der Waals surface area contributed by atoms with Crippen molar-refractivity contribution in [2.24, 2.45) is 0 Å². The van der Waals surface area contributed by atoms with Gasteiger partial charge in [0.1, 0.15) is 0 Å². The Balaban J connectivity index is 0.903. The molecule has 1 aromatic heterocycles. The molecule has 0 radical (unpaired) electrons. The van der Waals surface area contributed by atoms with Gasteiger partial charge < -0.3 is 9.47 Å². The van der Waals surface area contributed by atoms with E-state index in [2.05, 4.69) is 301 Å². The van der Waals surface area contributed by atoms with E-state index in [0.29, 0.717) is 0 Å². The Bertz CT molecular complexity index is 4690. The molecule has 0 bridgehead atoms. The van der Waals surface area contributed by atoms with Crippen molar-refractivity contribution >= 4 is 60.4 Å². The van der Waals surface area contributed by atoms with Gasteiger partial charge in [-0.05, 0) is 137 Å². The zero-order valence-electron chi connectivity index (χ0n) is 42.1. The van der Waals surface area contributed by atoms with Crippen LogP contribution in [0.1, 0.15) is 22.3 Å². The first-order valence-corrected chi connectivity index (χ1v) is 26.7. The van der Waals surface area contributed by atoms with Crippen LogP contribution in [0.5, 0.6) is 0 Å². The summed E-state index contributed by atoms with van der Waals surface area (Å²) < 4.78 is 2.53. The van der Waals surface area contributed by atoms with Gasteiger partial charge in [0.25, 0.3) is 0 Å². The normalized spacial score (nSPS) is 14.0. The second kappa shape index (κ2) is 17.0. The molecule has 0 amide bonds. The number of hydrogen-bond donors (Lipinski definition) is 0. The molecular weight excluding hydrogens is 929 g/mol. The molecule has 0 fully saturated rings. The van der Waals surface area contributed by atoms with Crippen LogP contribution in [0.3, 0.4) is 0 Å². The second-order valence-electron chi connectivity index (χ2n) is 20.7. The van der Waals surface area contributed by atoms with E-state index in [-0.39, 0.29) is 0 Å². The first-order chi connectivity index (χ1) is 38.2. The van der Waals surface area contributed by atoms with Crippen molar-refractivity contribution in [3.8, 4) is 61.3 Å². The Hall–Kier alpha value is -10.0.